The lowest BCUT2D eigenvalue weighted by atomic mass is 10.3. The average molecular weight is 344 g/mol. The lowest BCUT2D eigenvalue weighted by Gasteiger charge is -2.14. The number of hydrogen-bond donors (Lipinski definition) is 1. The zero-order valence-electron chi connectivity index (χ0n) is 12.6. The smallest absolute Gasteiger partial charge is 0.261 e. The Morgan fingerprint density at radius 3 is 2.83 bits per heavy atom. The van der Waals surface area contributed by atoms with Gasteiger partial charge in [-0.15, -0.1) is 22.7 Å². The number of thiophene rings is 1. The van der Waals surface area contributed by atoms with Crippen molar-refractivity contribution in [1.82, 2.24) is 10.3 Å². The quantitative estimate of drug-likeness (QED) is 0.736. The molecule has 2 heterocycles. The summed E-state index contributed by atoms with van der Waals surface area (Å²) in [5, 5.41) is 4.92. The summed E-state index contributed by atoms with van der Waals surface area (Å²) in [6.45, 7) is 2.24. The number of aromatic nitrogens is 1. The fraction of sp³-hybridized carbons (Fsp3) is 0.176. The molecule has 118 valence electrons. The van der Waals surface area contributed by atoms with Crippen LogP contribution in [0.2, 0.25) is 0 Å². The highest BCUT2D eigenvalue weighted by Gasteiger charge is 2.14. The Morgan fingerprint density at radius 2 is 2.09 bits per heavy atom. The summed E-state index contributed by atoms with van der Waals surface area (Å²) < 4.78 is 5.61. The summed E-state index contributed by atoms with van der Waals surface area (Å²) in [6.07, 6.45) is -0.532. The van der Waals surface area contributed by atoms with E-state index in [1.165, 1.54) is 0 Å². The van der Waals surface area contributed by atoms with Crippen molar-refractivity contribution >= 4 is 28.6 Å². The summed E-state index contributed by atoms with van der Waals surface area (Å²) in [5.41, 5.74) is 2.80. The Bertz CT molecular complexity index is 754. The van der Waals surface area contributed by atoms with E-state index in [2.05, 4.69) is 10.3 Å². The SMILES string of the molecule is CC(Oc1ccccc1)C(=O)NCc1ccc(-c2cscn2)s1. The fourth-order valence-electron chi connectivity index (χ4n) is 2.02. The van der Waals surface area contributed by atoms with Crippen molar-refractivity contribution < 1.29 is 9.53 Å². The molecule has 0 spiro atoms. The van der Waals surface area contributed by atoms with Gasteiger partial charge in [0.05, 0.1) is 22.6 Å². The molecule has 0 aliphatic heterocycles. The van der Waals surface area contributed by atoms with E-state index in [0.717, 1.165) is 15.4 Å². The maximum absolute atomic E-state index is 12.1. The van der Waals surface area contributed by atoms with E-state index >= 15 is 0 Å². The number of carbonyl (C=O) groups excluding carboxylic acids is 1. The van der Waals surface area contributed by atoms with Crippen LogP contribution in [0, 0.1) is 0 Å². The first-order valence-electron chi connectivity index (χ1n) is 7.19. The molecule has 23 heavy (non-hydrogen) atoms. The molecule has 4 nitrogen and oxygen atoms in total. The van der Waals surface area contributed by atoms with Crippen LogP contribution >= 0.6 is 22.7 Å². The number of carbonyl (C=O) groups is 1. The number of ether oxygens (including phenoxy) is 1. The highest BCUT2D eigenvalue weighted by atomic mass is 32.1. The standard InChI is InChI=1S/C17H16N2O2S2/c1-12(21-13-5-3-2-4-6-13)17(20)18-9-14-7-8-16(23-14)15-10-22-11-19-15/h2-8,10-12H,9H2,1H3,(H,18,20). The monoisotopic (exact) mass is 344 g/mol. The van der Waals surface area contributed by atoms with Gasteiger partial charge in [-0.2, -0.15) is 0 Å². The van der Waals surface area contributed by atoms with Crippen molar-refractivity contribution in [1.29, 1.82) is 0 Å². The van der Waals surface area contributed by atoms with Crippen LogP contribution < -0.4 is 10.1 Å². The molecule has 3 aromatic rings. The third kappa shape index (κ3) is 4.18. The van der Waals surface area contributed by atoms with Crippen molar-refractivity contribution in [3.05, 3.63) is 58.2 Å². The van der Waals surface area contributed by atoms with Crippen LogP contribution in [0.4, 0.5) is 0 Å². The topological polar surface area (TPSA) is 51.2 Å². The van der Waals surface area contributed by atoms with Crippen LogP contribution in [-0.4, -0.2) is 17.0 Å². The van der Waals surface area contributed by atoms with Gasteiger partial charge in [0.1, 0.15) is 5.75 Å². The van der Waals surface area contributed by atoms with Gasteiger partial charge < -0.3 is 10.1 Å². The van der Waals surface area contributed by atoms with Crippen molar-refractivity contribution in [3.63, 3.8) is 0 Å². The summed E-state index contributed by atoms with van der Waals surface area (Å²) in [7, 11) is 0. The number of nitrogens with zero attached hydrogens (tertiary/aromatic N) is 1. The molecule has 1 amide bonds. The van der Waals surface area contributed by atoms with Crippen molar-refractivity contribution in [2.45, 2.75) is 19.6 Å². The van der Waals surface area contributed by atoms with E-state index < -0.39 is 6.10 Å². The molecule has 1 aromatic carbocycles. The van der Waals surface area contributed by atoms with Crippen LogP contribution in [0.15, 0.2) is 53.4 Å². The number of benzene rings is 1. The van der Waals surface area contributed by atoms with Gasteiger partial charge in [-0.1, -0.05) is 18.2 Å². The number of rotatable bonds is 6. The molecule has 0 bridgehead atoms. The maximum atomic E-state index is 12.1. The highest BCUT2D eigenvalue weighted by molar-refractivity contribution is 7.16. The zero-order valence-corrected chi connectivity index (χ0v) is 14.2. The zero-order chi connectivity index (χ0) is 16.1. The minimum atomic E-state index is -0.532. The van der Waals surface area contributed by atoms with Crippen molar-refractivity contribution in [2.24, 2.45) is 0 Å². The van der Waals surface area contributed by atoms with E-state index in [9.17, 15) is 4.79 Å². The number of thiazole rings is 1. The van der Waals surface area contributed by atoms with Gasteiger partial charge in [-0.05, 0) is 31.2 Å². The molecule has 0 aliphatic carbocycles. The van der Waals surface area contributed by atoms with Gasteiger partial charge in [-0.3, -0.25) is 4.79 Å². The second-order valence-electron chi connectivity index (χ2n) is 4.93. The minimum absolute atomic E-state index is 0.127. The van der Waals surface area contributed by atoms with Crippen molar-refractivity contribution in [2.75, 3.05) is 0 Å². The summed E-state index contributed by atoms with van der Waals surface area (Å²) in [4.78, 5) is 18.6. The third-order valence-electron chi connectivity index (χ3n) is 3.21. The molecule has 0 saturated heterocycles. The molecular weight excluding hydrogens is 328 g/mol. The first-order chi connectivity index (χ1) is 11.2. The molecule has 0 aliphatic rings. The van der Waals surface area contributed by atoms with Gasteiger partial charge in [0.2, 0.25) is 0 Å². The molecule has 1 atom stereocenters. The van der Waals surface area contributed by atoms with E-state index in [0.29, 0.717) is 12.3 Å². The van der Waals surface area contributed by atoms with Gasteiger partial charge >= 0.3 is 0 Å². The van der Waals surface area contributed by atoms with Crippen LogP contribution in [-0.2, 0) is 11.3 Å². The lowest BCUT2D eigenvalue weighted by molar-refractivity contribution is -0.127. The first kappa shape index (κ1) is 15.7. The Kier molecular flexibility index (Phi) is 5.05. The van der Waals surface area contributed by atoms with Gasteiger partial charge in [0.15, 0.2) is 6.10 Å². The minimum Gasteiger partial charge on any atom is -0.481 e. The number of nitrogens with one attached hydrogen (secondary N) is 1. The van der Waals surface area contributed by atoms with Crippen LogP contribution in [0.25, 0.3) is 10.6 Å². The molecular formula is C17H16N2O2S2. The molecule has 1 N–H and O–H groups in total. The molecule has 0 radical (unpaired) electrons. The van der Waals surface area contributed by atoms with E-state index in [1.54, 1.807) is 29.6 Å². The molecule has 3 rings (SSSR count). The Hall–Kier alpha value is -2.18. The third-order valence-corrected chi connectivity index (χ3v) is 4.90. The average Bonchev–Trinajstić information content (AvgIpc) is 3.24. The number of para-hydroxylation sites is 1. The summed E-state index contributed by atoms with van der Waals surface area (Å²) >= 11 is 3.21. The van der Waals surface area contributed by atoms with Crippen LogP contribution in [0.5, 0.6) is 5.75 Å². The Balaban J connectivity index is 1.52. The van der Waals surface area contributed by atoms with E-state index in [1.807, 2.05) is 53.4 Å². The normalized spacial score (nSPS) is 11.9. The molecule has 1 unspecified atom stereocenters. The van der Waals surface area contributed by atoms with E-state index in [4.69, 9.17) is 4.74 Å². The van der Waals surface area contributed by atoms with Gasteiger partial charge in [-0.25, -0.2) is 4.98 Å². The van der Waals surface area contributed by atoms with Gasteiger partial charge in [0.25, 0.3) is 5.91 Å². The van der Waals surface area contributed by atoms with Crippen LogP contribution in [0.3, 0.4) is 0 Å². The lowest BCUT2D eigenvalue weighted by Crippen LogP contribution is -2.35. The molecule has 2 aromatic heterocycles. The maximum Gasteiger partial charge on any atom is 0.261 e. The largest absolute Gasteiger partial charge is 0.481 e. The summed E-state index contributed by atoms with van der Waals surface area (Å²) in [5.74, 6) is 0.564. The number of hydrogen-bond acceptors (Lipinski definition) is 5. The van der Waals surface area contributed by atoms with Crippen molar-refractivity contribution in [3.8, 4) is 16.3 Å². The Morgan fingerprint density at radius 1 is 1.26 bits per heavy atom. The predicted octanol–water partition coefficient (Wildman–Crippen LogP) is 3.96. The fourth-order valence-corrected chi connectivity index (χ4v) is 3.56. The predicted molar refractivity (Wildman–Crippen MR) is 93.8 cm³/mol. The second-order valence-corrected chi connectivity index (χ2v) is 6.82. The molecule has 0 saturated carbocycles. The molecule has 0 fully saturated rings. The number of amides is 1. The second kappa shape index (κ2) is 7.39. The van der Waals surface area contributed by atoms with Crippen LogP contribution in [0.1, 0.15) is 11.8 Å². The first-order valence-corrected chi connectivity index (χ1v) is 8.95. The highest BCUT2D eigenvalue weighted by Crippen LogP contribution is 2.27. The van der Waals surface area contributed by atoms with Gasteiger partial charge in [0, 0.05) is 10.3 Å². The summed E-state index contributed by atoms with van der Waals surface area (Å²) in [6, 6.07) is 13.4. The van der Waals surface area contributed by atoms with E-state index in [-0.39, 0.29) is 5.91 Å². The molecule has 6 heteroatoms. The Labute approximate surface area is 142 Å².